The second-order valence-corrected chi connectivity index (χ2v) is 9.21. The Morgan fingerprint density at radius 3 is 2.17 bits per heavy atom. The van der Waals surface area contributed by atoms with Gasteiger partial charge in [0.15, 0.2) is 0 Å². The Balaban J connectivity index is 2.30. The van der Waals surface area contributed by atoms with E-state index in [9.17, 15) is 0 Å². The number of methoxy groups -OCH3 is 1. The fourth-order valence-corrected chi connectivity index (χ4v) is 4.21. The van der Waals surface area contributed by atoms with Crippen molar-refractivity contribution in [1.29, 1.82) is 0 Å². The van der Waals surface area contributed by atoms with Gasteiger partial charge in [0.1, 0.15) is 5.75 Å². The monoisotopic (exact) mass is 448 g/mol. The molecule has 126 valence electrons. The van der Waals surface area contributed by atoms with Crippen LogP contribution < -0.4 is 4.74 Å². The van der Waals surface area contributed by atoms with Gasteiger partial charge in [-0.3, -0.25) is 0 Å². The fraction of sp³-hybridized carbons (Fsp3) is 0.333. The van der Waals surface area contributed by atoms with Crippen LogP contribution in [0.3, 0.4) is 0 Å². The van der Waals surface area contributed by atoms with E-state index in [0.29, 0.717) is 0 Å². The van der Waals surface area contributed by atoms with Gasteiger partial charge in [-0.1, -0.05) is 95.1 Å². The molecule has 4 rings (SSSR count). The molecule has 4 bridgehead atoms. The van der Waals surface area contributed by atoms with Crippen LogP contribution in [0.2, 0.25) is 0 Å². The van der Waals surface area contributed by atoms with Gasteiger partial charge in [-0.05, 0) is 28.2 Å². The Hall–Kier alpha value is -1.06. The molecule has 2 aliphatic rings. The summed E-state index contributed by atoms with van der Waals surface area (Å²) in [6, 6.07) is 13.2. The predicted molar refractivity (Wildman–Crippen MR) is 110 cm³/mol. The maximum atomic E-state index is 5.81. The highest BCUT2D eigenvalue weighted by Crippen LogP contribution is 2.48. The summed E-state index contributed by atoms with van der Waals surface area (Å²) in [4.78, 5) is 0.285. The number of alkyl halides is 2. The van der Waals surface area contributed by atoms with Crippen LogP contribution in [0.5, 0.6) is 5.75 Å². The first-order valence-electron chi connectivity index (χ1n) is 8.10. The molecular formula is C21H22Br2O. The standard InChI is InChI=1S/C21H22Br2O/c1-21(2,3)16-11-15-10-7-13-5-8-14(9-6-13)18(22)19(23)17(12-16)20(15)24-4/h5-12,18-19H,1-4H3/b10-7-/t18-,19+/m1/s1. The summed E-state index contributed by atoms with van der Waals surface area (Å²) in [7, 11) is 1.75. The number of rotatable bonds is 1. The summed E-state index contributed by atoms with van der Waals surface area (Å²) in [5.74, 6) is 0.938. The number of ether oxygens (including phenoxy) is 1. The normalized spacial score (nSPS) is 21.2. The number of hydrogen-bond donors (Lipinski definition) is 0. The van der Waals surface area contributed by atoms with Crippen molar-refractivity contribution in [1.82, 2.24) is 0 Å². The third-order valence-electron chi connectivity index (χ3n) is 4.48. The van der Waals surface area contributed by atoms with Crippen molar-refractivity contribution in [2.45, 2.75) is 35.8 Å². The first-order valence-corrected chi connectivity index (χ1v) is 9.93. The van der Waals surface area contributed by atoms with Gasteiger partial charge >= 0.3 is 0 Å². The molecule has 3 heteroatoms. The SMILES string of the molecule is COc1c2cc(C(C)(C)C)cc1[C@H](Br)[C@H](Br)c1ccc(cc1)/C=C\2. The van der Waals surface area contributed by atoms with Gasteiger partial charge in [-0.25, -0.2) is 0 Å². The number of halogens is 2. The van der Waals surface area contributed by atoms with Crippen molar-refractivity contribution in [2.24, 2.45) is 0 Å². The third-order valence-corrected chi connectivity index (χ3v) is 7.27. The van der Waals surface area contributed by atoms with Crippen LogP contribution in [0.25, 0.3) is 12.2 Å². The topological polar surface area (TPSA) is 9.23 Å². The van der Waals surface area contributed by atoms with Crippen LogP contribution >= 0.6 is 31.9 Å². The number of hydrogen-bond acceptors (Lipinski definition) is 1. The van der Waals surface area contributed by atoms with Crippen molar-refractivity contribution >= 4 is 44.0 Å². The van der Waals surface area contributed by atoms with Gasteiger partial charge in [-0.2, -0.15) is 0 Å². The molecule has 0 unspecified atom stereocenters. The average molecular weight is 450 g/mol. The summed E-state index contributed by atoms with van der Waals surface area (Å²) in [5.41, 5.74) is 6.13. The minimum Gasteiger partial charge on any atom is -0.496 e. The molecule has 0 saturated heterocycles. The van der Waals surface area contributed by atoms with Crippen molar-refractivity contribution < 1.29 is 4.74 Å². The highest BCUT2D eigenvalue weighted by Gasteiger charge is 2.27. The van der Waals surface area contributed by atoms with Gasteiger partial charge in [0.05, 0.1) is 16.8 Å². The molecule has 2 aliphatic carbocycles. The highest BCUT2D eigenvalue weighted by molar-refractivity contribution is 9.12. The molecule has 2 aromatic rings. The van der Waals surface area contributed by atoms with Crippen molar-refractivity contribution in [3.63, 3.8) is 0 Å². The average Bonchev–Trinajstić information content (AvgIpc) is 2.58. The summed E-state index contributed by atoms with van der Waals surface area (Å²) in [6.45, 7) is 6.74. The third kappa shape index (κ3) is 3.34. The summed E-state index contributed by atoms with van der Waals surface area (Å²) in [5, 5.41) is 0. The minimum absolute atomic E-state index is 0.0775. The zero-order chi connectivity index (χ0) is 17.5. The van der Waals surface area contributed by atoms with Crippen LogP contribution in [-0.2, 0) is 5.41 Å². The van der Waals surface area contributed by atoms with E-state index < -0.39 is 0 Å². The van der Waals surface area contributed by atoms with Crippen LogP contribution in [0.1, 0.15) is 58.2 Å². The molecule has 0 heterocycles. The first kappa shape index (κ1) is 17.8. The van der Waals surface area contributed by atoms with E-state index in [0.717, 1.165) is 11.3 Å². The van der Waals surface area contributed by atoms with E-state index in [1.165, 1.54) is 22.3 Å². The molecule has 2 atom stereocenters. The van der Waals surface area contributed by atoms with E-state index in [-0.39, 0.29) is 15.1 Å². The van der Waals surface area contributed by atoms with Gasteiger partial charge in [-0.15, -0.1) is 0 Å². The lowest BCUT2D eigenvalue weighted by Crippen LogP contribution is -2.13. The molecule has 1 nitrogen and oxygen atoms in total. The molecule has 0 amide bonds. The highest BCUT2D eigenvalue weighted by atomic mass is 79.9. The molecule has 0 N–H and O–H groups in total. The second kappa shape index (κ2) is 6.68. The van der Waals surface area contributed by atoms with Gasteiger partial charge in [0, 0.05) is 11.1 Å². The molecule has 0 aliphatic heterocycles. The smallest absolute Gasteiger partial charge is 0.130 e. The number of benzene rings is 2. The molecule has 0 fully saturated rings. The Labute approximate surface area is 161 Å². The molecule has 0 saturated carbocycles. The van der Waals surface area contributed by atoms with Crippen molar-refractivity contribution in [3.05, 3.63) is 64.2 Å². The van der Waals surface area contributed by atoms with Crippen LogP contribution in [0.4, 0.5) is 0 Å². The maximum absolute atomic E-state index is 5.81. The van der Waals surface area contributed by atoms with Crippen LogP contribution in [0, 0.1) is 0 Å². The fourth-order valence-electron chi connectivity index (χ4n) is 2.98. The zero-order valence-corrected chi connectivity index (χ0v) is 17.6. The lowest BCUT2D eigenvalue weighted by molar-refractivity contribution is 0.407. The summed E-state index contributed by atoms with van der Waals surface area (Å²) in [6.07, 6.45) is 4.30. The zero-order valence-electron chi connectivity index (χ0n) is 14.4. The van der Waals surface area contributed by atoms with Crippen molar-refractivity contribution in [2.75, 3.05) is 7.11 Å². The molecule has 0 aromatic heterocycles. The lowest BCUT2D eigenvalue weighted by Gasteiger charge is -2.26. The van der Waals surface area contributed by atoms with E-state index in [2.05, 4.69) is 101 Å². The van der Waals surface area contributed by atoms with Gasteiger partial charge in [0.25, 0.3) is 0 Å². The molecule has 0 spiro atoms. The predicted octanol–water partition coefficient (Wildman–Crippen LogP) is 7.05. The largest absolute Gasteiger partial charge is 0.496 e. The summed E-state index contributed by atoms with van der Waals surface area (Å²) < 4.78 is 5.81. The molecule has 24 heavy (non-hydrogen) atoms. The lowest BCUT2D eigenvalue weighted by atomic mass is 9.84. The Morgan fingerprint density at radius 1 is 0.917 bits per heavy atom. The van der Waals surface area contributed by atoms with E-state index in [1.807, 2.05) is 0 Å². The first-order chi connectivity index (χ1) is 11.3. The number of fused-ring (bicyclic) bond motifs is 3. The quantitative estimate of drug-likeness (QED) is 0.423. The van der Waals surface area contributed by atoms with Gasteiger partial charge in [0.2, 0.25) is 0 Å². The Kier molecular flexibility index (Phi) is 4.94. The van der Waals surface area contributed by atoms with Crippen molar-refractivity contribution in [3.8, 4) is 5.75 Å². The van der Waals surface area contributed by atoms with E-state index >= 15 is 0 Å². The molecule has 2 aromatic carbocycles. The van der Waals surface area contributed by atoms with Crippen LogP contribution in [0.15, 0.2) is 36.4 Å². The Bertz CT molecular complexity index is 770. The molecule has 0 radical (unpaired) electrons. The van der Waals surface area contributed by atoms with Crippen LogP contribution in [-0.4, -0.2) is 7.11 Å². The Morgan fingerprint density at radius 2 is 1.58 bits per heavy atom. The summed E-state index contributed by atoms with van der Waals surface area (Å²) >= 11 is 7.78. The minimum atomic E-state index is 0.0775. The van der Waals surface area contributed by atoms with E-state index in [4.69, 9.17) is 4.74 Å². The van der Waals surface area contributed by atoms with Gasteiger partial charge < -0.3 is 4.74 Å². The molecular weight excluding hydrogens is 428 g/mol. The second-order valence-electron chi connectivity index (χ2n) is 7.24. The maximum Gasteiger partial charge on any atom is 0.130 e. The van der Waals surface area contributed by atoms with E-state index in [1.54, 1.807) is 7.11 Å².